The Bertz CT molecular complexity index is 610. The number of rotatable bonds is 5. The second-order valence-corrected chi connectivity index (χ2v) is 6.92. The van der Waals surface area contributed by atoms with Crippen molar-refractivity contribution in [3.63, 3.8) is 0 Å². The fraction of sp³-hybridized carbons (Fsp3) is 0.364. The predicted octanol–water partition coefficient (Wildman–Crippen LogP) is 2.21. The van der Waals surface area contributed by atoms with E-state index < -0.39 is 45.1 Å². The fourth-order valence-electron chi connectivity index (χ4n) is 1.57. The lowest BCUT2D eigenvalue weighted by molar-refractivity contribution is -0.137. The molecule has 1 aromatic carbocycles. The summed E-state index contributed by atoms with van der Waals surface area (Å²) in [6, 6.07) is 0.527. The molecule has 20 heavy (non-hydrogen) atoms. The summed E-state index contributed by atoms with van der Waals surface area (Å²) in [5, 5.41) is 8.75. The number of hydrogen-bond acceptors (Lipinski definition) is 3. The molecular weight excluding hydrogens is 360 g/mol. The normalized spacial score (nSPS) is 12.2. The highest BCUT2D eigenvalue weighted by molar-refractivity contribution is 9.10. The van der Waals surface area contributed by atoms with Crippen LogP contribution in [0.3, 0.4) is 0 Å². The van der Waals surface area contributed by atoms with Crippen LogP contribution in [-0.4, -0.2) is 36.4 Å². The van der Waals surface area contributed by atoms with Crippen LogP contribution in [-0.2, 0) is 14.8 Å². The van der Waals surface area contributed by atoms with Crippen LogP contribution in [0.25, 0.3) is 0 Å². The van der Waals surface area contributed by atoms with Gasteiger partial charge in [0.05, 0.1) is 0 Å². The Morgan fingerprint density at radius 2 is 1.95 bits per heavy atom. The Balaban J connectivity index is 3.45. The minimum absolute atomic E-state index is 0.300. The molecule has 0 amide bonds. The lowest BCUT2D eigenvalue weighted by Crippen LogP contribution is -2.41. The third kappa shape index (κ3) is 3.53. The largest absolute Gasteiger partial charge is 0.480 e. The van der Waals surface area contributed by atoms with E-state index >= 15 is 0 Å². The van der Waals surface area contributed by atoms with Crippen molar-refractivity contribution in [3.8, 4) is 0 Å². The van der Waals surface area contributed by atoms with Crippen molar-refractivity contribution in [1.82, 2.24) is 4.31 Å². The van der Waals surface area contributed by atoms with Gasteiger partial charge in [0, 0.05) is 16.6 Å². The first-order valence-corrected chi connectivity index (χ1v) is 7.69. The molecule has 1 N–H and O–H groups in total. The van der Waals surface area contributed by atoms with Gasteiger partial charge in [-0.05, 0) is 35.8 Å². The molecule has 9 heteroatoms. The maximum absolute atomic E-state index is 13.7. The van der Waals surface area contributed by atoms with Crippen LogP contribution in [0.4, 0.5) is 8.78 Å². The number of sulfonamides is 1. The zero-order valence-electron chi connectivity index (χ0n) is 10.6. The Morgan fingerprint density at radius 1 is 1.40 bits per heavy atom. The molecule has 0 fully saturated rings. The standard InChI is InChI=1S/C11H12BrF2NO4S/c1-6(2)15(5-10(16)17)20(18,19)11-8(12)3-7(13)4-9(11)14/h3-4,6H,5H2,1-2H3,(H,16,17). The first kappa shape index (κ1) is 17.0. The quantitative estimate of drug-likeness (QED) is 0.860. The SMILES string of the molecule is CC(C)N(CC(=O)O)S(=O)(=O)c1c(F)cc(F)cc1Br. The maximum atomic E-state index is 13.7. The summed E-state index contributed by atoms with van der Waals surface area (Å²) < 4.78 is 51.7. The van der Waals surface area contributed by atoms with E-state index in [0.717, 1.165) is 6.07 Å². The van der Waals surface area contributed by atoms with Crippen molar-refractivity contribution in [1.29, 1.82) is 0 Å². The van der Waals surface area contributed by atoms with Crippen molar-refractivity contribution < 1.29 is 27.1 Å². The molecule has 112 valence electrons. The summed E-state index contributed by atoms with van der Waals surface area (Å²) in [5.74, 6) is -3.60. The van der Waals surface area contributed by atoms with E-state index in [0.29, 0.717) is 10.4 Å². The average molecular weight is 372 g/mol. The molecule has 0 aliphatic heterocycles. The number of carboxylic acid groups (broad SMARTS) is 1. The highest BCUT2D eigenvalue weighted by atomic mass is 79.9. The van der Waals surface area contributed by atoms with E-state index in [4.69, 9.17) is 5.11 Å². The Morgan fingerprint density at radius 3 is 2.35 bits per heavy atom. The van der Waals surface area contributed by atoms with Crippen LogP contribution >= 0.6 is 15.9 Å². The average Bonchev–Trinajstić information content (AvgIpc) is 2.22. The van der Waals surface area contributed by atoms with Gasteiger partial charge in [0.15, 0.2) is 0 Å². The van der Waals surface area contributed by atoms with Gasteiger partial charge in [0.25, 0.3) is 0 Å². The van der Waals surface area contributed by atoms with Crippen LogP contribution < -0.4 is 0 Å². The maximum Gasteiger partial charge on any atom is 0.318 e. The summed E-state index contributed by atoms with van der Waals surface area (Å²) >= 11 is 2.78. The molecular formula is C11H12BrF2NO4S. The van der Waals surface area contributed by atoms with E-state index in [1.807, 2.05) is 0 Å². The second-order valence-electron chi connectivity index (χ2n) is 4.24. The summed E-state index contributed by atoms with van der Waals surface area (Å²) in [5.41, 5.74) is 0. The van der Waals surface area contributed by atoms with Crippen LogP contribution in [0.15, 0.2) is 21.5 Å². The number of nitrogens with zero attached hydrogens (tertiary/aromatic N) is 1. The zero-order chi connectivity index (χ0) is 15.7. The first-order chi connectivity index (χ1) is 9.07. The molecule has 0 aliphatic carbocycles. The van der Waals surface area contributed by atoms with Crippen molar-refractivity contribution in [3.05, 3.63) is 28.2 Å². The van der Waals surface area contributed by atoms with Gasteiger partial charge in [-0.2, -0.15) is 4.31 Å². The number of hydrogen-bond donors (Lipinski definition) is 1. The highest BCUT2D eigenvalue weighted by Crippen LogP contribution is 2.29. The number of aliphatic carboxylic acids is 1. The molecule has 1 rings (SSSR count). The molecule has 0 saturated heterocycles. The molecule has 0 bridgehead atoms. The minimum Gasteiger partial charge on any atom is -0.480 e. The monoisotopic (exact) mass is 371 g/mol. The lowest BCUT2D eigenvalue weighted by Gasteiger charge is -2.24. The van der Waals surface area contributed by atoms with E-state index in [2.05, 4.69) is 15.9 Å². The number of carboxylic acids is 1. The molecule has 5 nitrogen and oxygen atoms in total. The molecule has 0 aliphatic rings. The Labute approximate surface area is 123 Å². The smallest absolute Gasteiger partial charge is 0.318 e. The van der Waals surface area contributed by atoms with Gasteiger partial charge in [0.1, 0.15) is 23.1 Å². The van der Waals surface area contributed by atoms with Gasteiger partial charge in [0.2, 0.25) is 10.0 Å². The molecule has 0 radical (unpaired) electrons. The molecule has 0 aromatic heterocycles. The molecule has 0 heterocycles. The van der Waals surface area contributed by atoms with Crippen molar-refractivity contribution in [2.45, 2.75) is 24.8 Å². The summed E-state index contributed by atoms with van der Waals surface area (Å²) in [7, 11) is -4.41. The van der Waals surface area contributed by atoms with Crippen LogP contribution in [0.2, 0.25) is 0 Å². The lowest BCUT2D eigenvalue weighted by atomic mass is 10.3. The third-order valence-electron chi connectivity index (χ3n) is 2.40. The molecule has 0 unspecified atom stereocenters. The van der Waals surface area contributed by atoms with Crippen molar-refractivity contribution >= 4 is 31.9 Å². The predicted molar refractivity (Wildman–Crippen MR) is 70.7 cm³/mol. The molecule has 1 aromatic rings. The van der Waals surface area contributed by atoms with Crippen LogP contribution in [0, 0.1) is 11.6 Å². The Hall–Kier alpha value is -1.06. The van der Waals surface area contributed by atoms with Gasteiger partial charge in [-0.15, -0.1) is 0 Å². The topological polar surface area (TPSA) is 74.7 Å². The van der Waals surface area contributed by atoms with Gasteiger partial charge < -0.3 is 5.11 Å². The zero-order valence-corrected chi connectivity index (χ0v) is 13.0. The summed E-state index contributed by atoms with van der Waals surface area (Å²) in [6.45, 7) is 2.09. The Kier molecular flexibility index (Phi) is 5.22. The summed E-state index contributed by atoms with van der Waals surface area (Å²) in [4.78, 5) is 9.96. The molecule has 0 atom stereocenters. The third-order valence-corrected chi connectivity index (χ3v) is 5.38. The van der Waals surface area contributed by atoms with Crippen molar-refractivity contribution in [2.75, 3.05) is 6.54 Å². The number of benzene rings is 1. The summed E-state index contributed by atoms with van der Waals surface area (Å²) in [6.07, 6.45) is 0. The fourth-order valence-corrected chi connectivity index (χ4v) is 4.27. The van der Waals surface area contributed by atoms with E-state index in [-0.39, 0.29) is 4.47 Å². The van der Waals surface area contributed by atoms with Gasteiger partial charge in [-0.1, -0.05) is 0 Å². The van der Waals surface area contributed by atoms with E-state index in [1.54, 1.807) is 0 Å². The van der Waals surface area contributed by atoms with Gasteiger partial charge in [-0.3, -0.25) is 4.79 Å². The molecule has 0 saturated carbocycles. The number of carbonyl (C=O) groups is 1. The van der Waals surface area contributed by atoms with E-state index in [9.17, 15) is 22.0 Å². The highest BCUT2D eigenvalue weighted by Gasteiger charge is 2.33. The minimum atomic E-state index is -4.41. The van der Waals surface area contributed by atoms with Crippen LogP contribution in [0.1, 0.15) is 13.8 Å². The van der Waals surface area contributed by atoms with Crippen LogP contribution in [0.5, 0.6) is 0 Å². The molecule has 0 spiro atoms. The first-order valence-electron chi connectivity index (χ1n) is 5.45. The van der Waals surface area contributed by atoms with Gasteiger partial charge in [-0.25, -0.2) is 17.2 Å². The van der Waals surface area contributed by atoms with E-state index in [1.165, 1.54) is 13.8 Å². The second kappa shape index (κ2) is 6.15. The van der Waals surface area contributed by atoms with Crippen molar-refractivity contribution in [2.24, 2.45) is 0 Å². The van der Waals surface area contributed by atoms with Gasteiger partial charge >= 0.3 is 5.97 Å². The number of halogens is 3.